The van der Waals surface area contributed by atoms with E-state index in [1.54, 1.807) is 0 Å². The Kier molecular flexibility index (Phi) is 1.81. The summed E-state index contributed by atoms with van der Waals surface area (Å²) in [5.41, 5.74) is 0. The average Bonchev–Trinajstić information content (AvgIpc) is 1.35. The van der Waals surface area contributed by atoms with Gasteiger partial charge in [-0.25, -0.2) is 0 Å². The van der Waals surface area contributed by atoms with Crippen LogP contribution in [-0.2, 0) is 0 Å². The van der Waals surface area contributed by atoms with Gasteiger partial charge in [-0.3, -0.25) is 0 Å². The molecule has 0 saturated heterocycles. The lowest BCUT2D eigenvalue weighted by Crippen LogP contribution is -1.74. The Bertz CT molecular complexity index is 72.5. The molecule has 0 fully saturated rings. The largest absolute Gasteiger partial charge is 0.333 e. The van der Waals surface area contributed by atoms with Gasteiger partial charge in [-0.15, -0.1) is 0 Å². The Morgan fingerprint density at radius 3 is 1.50 bits per heavy atom. The highest BCUT2D eigenvalue weighted by Crippen LogP contribution is 2.27. The van der Waals surface area contributed by atoms with Crippen LogP contribution < -0.4 is 0 Å². The first-order valence-electron chi connectivity index (χ1n) is 1.44. The molecule has 0 aromatic heterocycles. The molecule has 0 heterocycles. The third-order valence-electron chi connectivity index (χ3n) is 0.346. The molecule has 0 aromatic carbocycles. The predicted molar refractivity (Wildman–Crippen MR) is 25.3 cm³/mol. The van der Waals surface area contributed by atoms with Crippen molar-refractivity contribution < 1.29 is 14.7 Å². The summed E-state index contributed by atoms with van der Waals surface area (Å²) in [5.74, 6) is 0.965. The van der Waals surface area contributed by atoms with E-state index in [1.807, 2.05) is 0 Å². The van der Waals surface area contributed by atoms with Crippen LogP contribution >= 0.6 is 7.57 Å². The molecule has 3 nitrogen and oxygen atoms in total. The molecular formula is C2H7O3P. The maximum Gasteiger partial charge on any atom is 0.245 e. The van der Waals surface area contributed by atoms with E-state index in [1.165, 1.54) is 6.92 Å². The molecule has 0 spiro atoms. The molecule has 0 aromatic rings. The molecule has 3 N–H and O–H groups in total. The van der Waals surface area contributed by atoms with Crippen molar-refractivity contribution in [3.8, 4) is 0 Å². The van der Waals surface area contributed by atoms with Gasteiger partial charge in [0.2, 0.25) is 7.57 Å². The van der Waals surface area contributed by atoms with E-state index < -0.39 is 7.57 Å². The zero-order valence-electron chi connectivity index (χ0n) is 3.37. The van der Waals surface area contributed by atoms with Crippen molar-refractivity contribution in [2.45, 2.75) is 6.92 Å². The van der Waals surface area contributed by atoms with Gasteiger partial charge >= 0.3 is 0 Å². The van der Waals surface area contributed by atoms with Gasteiger partial charge in [0.15, 0.2) is 0 Å². The van der Waals surface area contributed by atoms with E-state index in [4.69, 9.17) is 14.7 Å². The summed E-state index contributed by atoms with van der Waals surface area (Å²) in [6.45, 7) is 1.38. The van der Waals surface area contributed by atoms with Crippen LogP contribution in [-0.4, -0.2) is 20.5 Å². The van der Waals surface area contributed by atoms with Gasteiger partial charge < -0.3 is 14.7 Å². The van der Waals surface area contributed by atoms with Gasteiger partial charge in [0.1, 0.15) is 0 Å². The molecule has 0 atom stereocenters. The summed E-state index contributed by atoms with van der Waals surface area (Å²) >= 11 is 0. The van der Waals surface area contributed by atoms with E-state index in [0.717, 1.165) is 5.80 Å². The molecule has 0 aliphatic carbocycles. The van der Waals surface area contributed by atoms with Crippen LogP contribution in [0.3, 0.4) is 0 Å². The van der Waals surface area contributed by atoms with Crippen molar-refractivity contribution in [1.82, 2.24) is 0 Å². The minimum Gasteiger partial charge on any atom is -0.333 e. The summed E-state index contributed by atoms with van der Waals surface area (Å²) in [7, 11) is -3.52. The van der Waals surface area contributed by atoms with Gasteiger partial charge in [-0.2, -0.15) is 0 Å². The summed E-state index contributed by atoms with van der Waals surface area (Å²) in [4.78, 5) is 24.0. The topological polar surface area (TPSA) is 60.7 Å². The third kappa shape index (κ3) is 4.18. The minimum atomic E-state index is -3.52. The van der Waals surface area contributed by atoms with Crippen LogP contribution in [0.2, 0.25) is 0 Å². The first-order valence-corrected chi connectivity index (χ1v) is 3.15. The normalized spacial score (nSPS) is 11.3. The van der Waals surface area contributed by atoms with Gasteiger partial charge in [0.05, 0.1) is 0 Å². The van der Waals surface area contributed by atoms with Gasteiger partial charge in [-0.1, -0.05) is 0 Å². The Balaban J connectivity index is 3.79. The fourth-order valence-electron chi connectivity index (χ4n) is 0. The first-order chi connectivity index (χ1) is 2.56. The summed E-state index contributed by atoms with van der Waals surface area (Å²) in [6, 6.07) is 0. The first kappa shape index (κ1) is 6.18. The van der Waals surface area contributed by atoms with Crippen LogP contribution in [0.25, 0.3) is 0 Å². The van der Waals surface area contributed by atoms with Crippen LogP contribution in [0.15, 0.2) is 0 Å². The maximum atomic E-state index is 7.99. The van der Waals surface area contributed by atoms with Crippen LogP contribution in [0.5, 0.6) is 0 Å². The second-order valence-corrected chi connectivity index (χ2v) is 2.62. The van der Waals surface area contributed by atoms with Crippen LogP contribution in [0.1, 0.15) is 6.92 Å². The van der Waals surface area contributed by atoms with E-state index in [2.05, 4.69) is 0 Å². The Labute approximate surface area is 36.1 Å². The summed E-state index contributed by atoms with van der Waals surface area (Å²) < 4.78 is 0. The molecule has 0 unspecified atom stereocenters. The van der Waals surface area contributed by atoms with Gasteiger partial charge in [-0.05, 0) is 12.7 Å². The van der Waals surface area contributed by atoms with Crippen molar-refractivity contribution in [1.29, 1.82) is 0 Å². The van der Waals surface area contributed by atoms with E-state index in [0.29, 0.717) is 0 Å². The second-order valence-electron chi connectivity index (χ2n) is 0.873. The standard InChI is InChI=1S/C2H7O3P/c1-2-6(3,4)5/h2-5H,1H3. The Morgan fingerprint density at radius 2 is 1.50 bits per heavy atom. The predicted octanol–water partition coefficient (Wildman–Crippen LogP) is -0.452. The van der Waals surface area contributed by atoms with E-state index in [9.17, 15) is 0 Å². The van der Waals surface area contributed by atoms with E-state index >= 15 is 0 Å². The lowest BCUT2D eigenvalue weighted by atomic mass is 11.0. The van der Waals surface area contributed by atoms with Crippen LogP contribution in [0, 0.1) is 0 Å². The number of hydrogen-bond acceptors (Lipinski definition) is 3. The molecule has 0 aliphatic heterocycles. The molecule has 0 amide bonds. The molecule has 0 rings (SSSR count). The Morgan fingerprint density at radius 1 is 1.33 bits per heavy atom. The van der Waals surface area contributed by atoms with Gasteiger partial charge in [0, 0.05) is 0 Å². The number of hydrogen-bond donors (Lipinski definition) is 3. The second kappa shape index (κ2) is 1.76. The molecule has 0 saturated carbocycles. The highest BCUT2D eigenvalue weighted by atomic mass is 31.2. The average molecular weight is 110 g/mol. The molecule has 38 valence electrons. The van der Waals surface area contributed by atoms with Crippen molar-refractivity contribution in [2.75, 3.05) is 0 Å². The third-order valence-corrected chi connectivity index (χ3v) is 1.04. The van der Waals surface area contributed by atoms with Crippen molar-refractivity contribution in [3.63, 3.8) is 0 Å². The minimum absolute atomic E-state index is 0.965. The smallest absolute Gasteiger partial charge is 0.245 e. The molecular weight excluding hydrogens is 103 g/mol. The molecule has 4 heteroatoms. The lowest BCUT2D eigenvalue weighted by Gasteiger charge is -1.95. The SMILES string of the molecule is CC=P(O)(O)O. The zero-order valence-corrected chi connectivity index (χ0v) is 4.26. The van der Waals surface area contributed by atoms with Crippen molar-refractivity contribution >= 4 is 13.4 Å². The van der Waals surface area contributed by atoms with E-state index in [-0.39, 0.29) is 0 Å². The van der Waals surface area contributed by atoms with Crippen LogP contribution in [0.4, 0.5) is 0 Å². The highest BCUT2D eigenvalue weighted by molar-refractivity contribution is 7.58. The summed E-state index contributed by atoms with van der Waals surface area (Å²) in [5, 5.41) is 0. The fraction of sp³-hybridized carbons (Fsp3) is 0.500. The summed E-state index contributed by atoms with van der Waals surface area (Å²) in [6.07, 6.45) is 0. The quantitative estimate of drug-likeness (QED) is 0.370. The molecule has 0 bridgehead atoms. The number of rotatable bonds is 0. The monoisotopic (exact) mass is 110 g/mol. The molecule has 0 aliphatic rings. The van der Waals surface area contributed by atoms with Crippen molar-refractivity contribution in [3.05, 3.63) is 0 Å². The molecule has 0 radical (unpaired) electrons. The van der Waals surface area contributed by atoms with Gasteiger partial charge in [0.25, 0.3) is 0 Å². The molecule has 6 heavy (non-hydrogen) atoms. The maximum absolute atomic E-state index is 7.99. The lowest BCUT2D eigenvalue weighted by molar-refractivity contribution is 0.360. The highest BCUT2D eigenvalue weighted by Gasteiger charge is 1.93. The fourth-order valence-corrected chi connectivity index (χ4v) is 0. The zero-order chi connectivity index (χ0) is 5.21. The van der Waals surface area contributed by atoms with Crippen molar-refractivity contribution in [2.24, 2.45) is 0 Å². The Hall–Kier alpha value is 0.180.